The van der Waals surface area contributed by atoms with Crippen LogP contribution in [0.15, 0.2) is 18.2 Å². The van der Waals surface area contributed by atoms with Crippen molar-refractivity contribution in [3.05, 3.63) is 28.8 Å². The molecule has 0 saturated carbocycles. The normalized spacial score (nSPS) is 13.6. The van der Waals surface area contributed by atoms with Crippen LogP contribution in [0.3, 0.4) is 0 Å². The van der Waals surface area contributed by atoms with Gasteiger partial charge in [0.1, 0.15) is 12.4 Å². The number of carbonyl (C=O) groups excluding carboxylic acids is 1. The zero-order chi connectivity index (χ0) is 22.2. The number of hydrogen-bond acceptors (Lipinski definition) is 9. The Bertz CT molecular complexity index is 892. The number of amides is 1. The van der Waals surface area contributed by atoms with Gasteiger partial charge in [-0.3, -0.25) is 4.79 Å². The molecule has 1 aromatic heterocycles. The molecule has 1 fully saturated rings. The zero-order valence-electron chi connectivity index (χ0n) is 17.9. The number of hydrogen-bond donors (Lipinski definition) is 1. The number of nitrogens with one attached hydrogen (secondary N) is 1. The Hall–Kier alpha value is -2.85. The number of nitrogens with zero attached hydrogens (tertiary/aromatic N) is 5. The SMILES string of the molecule is Cc1cc(Cl)ccc1OCC(=O)NCCOc1nc(N(C)C)nc(N2CCOCC2)n1. The van der Waals surface area contributed by atoms with Gasteiger partial charge in [-0.05, 0) is 30.7 Å². The van der Waals surface area contributed by atoms with Crippen LogP contribution in [0.1, 0.15) is 5.56 Å². The molecule has 0 aliphatic carbocycles. The van der Waals surface area contributed by atoms with Crippen molar-refractivity contribution in [1.29, 1.82) is 0 Å². The number of benzene rings is 1. The molecule has 0 radical (unpaired) electrons. The minimum atomic E-state index is -0.253. The Labute approximate surface area is 186 Å². The molecule has 0 bridgehead atoms. The number of ether oxygens (including phenoxy) is 3. The Morgan fingerprint density at radius 2 is 2.00 bits per heavy atom. The van der Waals surface area contributed by atoms with Crippen LogP contribution >= 0.6 is 11.6 Å². The third-order valence-electron chi connectivity index (χ3n) is 4.44. The predicted molar refractivity (Wildman–Crippen MR) is 117 cm³/mol. The van der Waals surface area contributed by atoms with Crippen LogP contribution in [0, 0.1) is 6.92 Å². The highest BCUT2D eigenvalue weighted by atomic mass is 35.5. The summed E-state index contributed by atoms with van der Waals surface area (Å²) in [5.41, 5.74) is 0.867. The highest BCUT2D eigenvalue weighted by Crippen LogP contribution is 2.21. The molecule has 1 aliphatic heterocycles. The molecule has 168 valence electrons. The second-order valence-corrected chi connectivity index (χ2v) is 7.55. The first-order valence-corrected chi connectivity index (χ1v) is 10.3. The van der Waals surface area contributed by atoms with Gasteiger partial charge in [-0.15, -0.1) is 0 Å². The van der Waals surface area contributed by atoms with Crippen molar-refractivity contribution in [2.75, 3.05) is 70.0 Å². The molecule has 1 saturated heterocycles. The second kappa shape index (κ2) is 11.0. The average molecular weight is 451 g/mol. The summed E-state index contributed by atoms with van der Waals surface area (Å²) in [6, 6.07) is 5.45. The molecule has 1 N–H and O–H groups in total. The lowest BCUT2D eigenvalue weighted by Gasteiger charge is -2.27. The lowest BCUT2D eigenvalue weighted by atomic mass is 10.2. The minimum Gasteiger partial charge on any atom is -0.484 e. The van der Waals surface area contributed by atoms with E-state index in [1.54, 1.807) is 23.1 Å². The van der Waals surface area contributed by atoms with E-state index >= 15 is 0 Å². The smallest absolute Gasteiger partial charge is 0.323 e. The zero-order valence-corrected chi connectivity index (χ0v) is 18.7. The standard InChI is InChI=1S/C20H27ClN6O4/c1-14-12-15(21)4-5-16(14)31-13-17(28)22-6-9-30-20-24-18(26(2)3)23-19(25-20)27-7-10-29-11-8-27/h4-5,12H,6-11,13H2,1-3H3,(H,22,28). The van der Waals surface area contributed by atoms with Gasteiger partial charge in [-0.2, -0.15) is 15.0 Å². The quantitative estimate of drug-likeness (QED) is 0.566. The van der Waals surface area contributed by atoms with Crippen molar-refractivity contribution in [1.82, 2.24) is 20.3 Å². The van der Waals surface area contributed by atoms with Gasteiger partial charge in [0.15, 0.2) is 6.61 Å². The third-order valence-corrected chi connectivity index (χ3v) is 4.67. The van der Waals surface area contributed by atoms with Crippen LogP contribution in [0.25, 0.3) is 0 Å². The topological polar surface area (TPSA) is 102 Å². The maximum Gasteiger partial charge on any atom is 0.323 e. The Morgan fingerprint density at radius 3 is 2.71 bits per heavy atom. The number of morpholine rings is 1. The first kappa shape index (κ1) is 22.8. The van der Waals surface area contributed by atoms with E-state index in [4.69, 9.17) is 25.8 Å². The molecule has 0 atom stereocenters. The lowest BCUT2D eigenvalue weighted by Crippen LogP contribution is -2.37. The van der Waals surface area contributed by atoms with Gasteiger partial charge in [0.25, 0.3) is 5.91 Å². The Morgan fingerprint density at radius 1 is 1.23 bits per heavy atom. The van der Waals surface area contributed by atoms with E-state index in [1.165, 1.54) is 0 Å². The number of carbonyl (C=O) groups is 1. The number of aromatic nitrogens is 3. The summed E-state index contributed by atoms with van der Waals surface area (Å²) in [5.74, 6) is 1.42. The minimum absolute atomic E-state index is 0.0970. The number of rotatable bonds is 9. The van der Waals surface area contributed by atoms with Gasteiger partial charge in [0.2, 0.25) is 11.9 Å². The van der Waals surface area contributed by atoms with E-state index in [-0.39, 0.29) is 31.7 Å². The van der Waals surface area contributed by atoms with Gasteiger partial charge in [-0.25, -0.2) is 0 Å². The van der Waals surface area contributed by atoms with Gasteiger partial charge in [-0.1, -0.05) is 11.6 Å². The molecule has 1 aromatic carbocycles. The van der Waals surface area contributed by atoms with E-state index in [0.29, 0.717) is 49.0 Å². The van der Waals surface area contributed by atoms with Crippen molar-refractivity contribution in [2.45, 2.75) is 6.92 Å². The highest BCUT2D eigenvalue weighted by Gasteiger charge is 2.18. The van der Waals surface area contributed by atoms with Crippen molar-refractivity contribution in [2.24, 2.45) is 0 Å². The van der Waals surface area contributed by atoms with Crippen molar-refractivity contribution in [3.8, 4) is 11.8 Å². The van der Waals surface area contributed by atoms with Gasteiger partial charge in [0, 0.05) is 32.2 Å². The summed E-state index contributed by atoms with van der Waals surface area (Å²) in [7, 11) is 3.70. The van der Waals surface area contributed by atoms with Crippen LogP contribution < -0.4 is 24.6 Å². The lowest BCUT2D eigenvalue weighted by molar-refractivity contribution is -0.123. The molecule has 2 heterocycles. The molecular weight excluding hydrogens is 424 g/mol. The van der Waals surface area contributed by atoms with Crippen LogP contribution in [0.5, 0.6) is 11.8 Å². The Balaban J connectivity index is 1.48. The van der Waals surface area contributed by atoms with Crippen molar-refractivity contribution >= 4 is 29.4 Å². The third kappa shape index (κ3) is 6.83. The van der Waals surface area contributed by atoms with E-state index in [9.17, 15) is 4.79 Å². The second-order valence-electron chi connectivity index (χ2n) is 7.11. The first-order chi connectivity index (χ1) is 14.9. The fourth-order valence-electron chi connectivity index (χ4n) is 2.81. The molecule has 1 amide bonds. The van der Waals surface area contributed by atoms with Gasteiger partial charge in [0.05, 0.1) is 19.8 Å². The van der Waals surface area contributed by atoms with Crippen molar-refractivity contribution in [3.63, 3.8) is 0 Å². The van der Waals surface area contributed by atoms with Crippen LogP contribution in [-0.2, 0) is 9.53 Å². The molecule has 11 heteroatoms. The molecule has 2 aromatic rings. The summed E-state index contributed by atoms with van der Waals surface area (Å²) in [5, 5.41) is 3.37. The molecule has 10 nitrogen and oxygen atoms in total. The molecule has 31 heavy (non-hydrogen) atoms. The van der Waals surface area contributed by atoms with E-state index < -0.39 is 0 Å². The maximum atomic E-state index is 12.0. The van der Waals surface area contributed by atoms with Crippen LogP contribution in [0.4, 0.5) is 11.9 Å². The fourth-order valence-corrected chi connectivity index (χ4v) is 3.03. The number of aryl methyl sites for hydroxylation is 1. The van der Waals surface area contributed by atoms with Gasteiger partial charge >= 0.3 is 6.01 Å². The maximum absolute atomic E-state index is 12.0. The average Bonchev–Trinajstić information content (AvgIpc) is 2.76. The molecule has 3 rings (SSSR count). The summed E-state index contributed by atoms with van der Waals surface area (Å²) < 4.78 is 16.6. The number of anilines is 2. The molecule has 0 unspecified atom stereocenters. The monoisotopic (exact) mass is 450 g/mol. The van der Waals surface area contributed by atoms with E-state index in [1.807, 2.05) is 25.9 Å². The van der Waals surface area contributed by atoms with Crippen LogP contribution in [-0.4, -0.2) is 81.0 Å². The molecular formula is C20H27ClN6O4. The molecule has 0 spiro atoms. The Kier molecular flexibility index (Phi) is 8.07. The predicted octanol–water partition coefficient (Wildman–Crippen LogP) is 1.31. The van der Waals surface area contributed by atoms with E-state index in [0.717, 1.165) is 5.56 Å². The fraction of sp³-hybridized carbons (Fsp3) is 0.500. The molecule has 1 aliphatic rings. The number of halogens is 1. The largest absolute Gasteiger partial charge is 0.484 e. The van der Waals surface area contributed by atoms with Gasteiger partial charge < -0.3 is 29.3 Å². The summed E-state index contributed by atoms with van der Waals surface area (Å²) in [4.78, 5) is 29.0. The highest BCUT2D eigenvalue weighted by molar-refractivity contribution is 6.30. The summed E-state index contributed by atoms with van der Waals surface area (Å²) in [6.07, 6.45) is 0. The van der Waals surface area contributed by atoms with Crippen molar-refractivity contribution < 1.29 is 19.0 Å². The van der Waals surface area contributed by atoms with Crippen LogP contribution in [0.2, 0.25) is 5.02 Å². The summed E-state index contributed by atoms with van der Waals surface area (Å²) in [6.45, 7) is 4.95. The first-order valence-electron chi connectivity index (χ1n) is 9.97. The summed E-state index contributed by atoms with van der Waals surface area (Å²) >= 11 is 5.92. The van der Waals surface area contributed by atoms with E-state index in [2.05, 4.69) is 20.3 Å².